The van der Waals surface area contributed by atoms with Crippen molar-refractivity contribution >= 4 is 17.4 Å². The Labute approximate surface area is 151 Å². The number of hydrogen-bond acceptors (Lipinski definition) is 6. The van der Waals surface area contributed by atoms with Crippen LogP contribution in [-0.2, 0) is 14.3 Å². The van der Waals surface area contributed by atoms with Gasteiger partial charge in [-0.3, -0.25) is 4.79 Å². The van der Waals surface area contributed by atoms with Gasteiger partial charge in [0.25, 0.3) is 5.91 Å². The molecule has 0 unspecified atom stereocenters. The summed E-state index contributed by atoms with van der Waals surface area (Å²) in [5.74, 6) is -0.937. The standard InChI is InChI=1S/C19H21NO6/c1-11(18(23)20-9-3-4-13(20)10-21)17-16(22)15(19(24)26-17)12-5-7-14(25-2)8-6-12/h5-8,13,21-22H,3-4,9-10H2,1-2H3/b17-11+/t13-/m1/s1. The molecule has 2 heterocycles. The number of carbonyl (C=O) groups is 2. The van der Waals surface area contributed by atoms with Crippen LogP contribution in [0.5, 0.6) is 5.75 Å². The van der Waals surface area contributed by atoms with Gasteiger partial charge in [0, 0.05) is 6.54 Å². The Balaban J connectivity index is 1.94. The SMILES string of the molecule is COc1ccc(C2=C(O)/C(=C(/C)C(=O)N3CCC[C@@H]3CO)OC2=O)cc1. The van der Waals surface area contributed by atoms with Gasteiger partial charge in [-0.1, -0.05) is 12.1 Å². The predicted molar refractivity (Wildman–Crippen MR) is 93.2 cm³/mol. The molecule has 7 heteroatoms. The molecule has 1 atom stereocenters. The second-order valence-electron chi connectivity index (χ2n) is 6.27. The lowest BCUT2D eigenvalue weighted by molar-refractivity contribution is -0.131. The summed E-state index contributed by atoms with van der Waals surface area (Å²) in [7, 11) is 1.53. The summed E-state index contributed by atoms with van der Waals surface area (Å²) < 4.78 is 10.3. The van der Waals surface area contributed by atoms with E-state index in [0.29, 0.717) is 17.9 Å². The largest absolute Gasteiger partial charge is 0.504 e. The van der Waals surface area contributed by atoms with Crippen molar-refractivity contribution < 1.29 is 29.3 Å². The van der Waals surface area contributed by atoms with Crippen LogP contribution in [0.2, 0.25) is 0 Å². The summed E-state index contributed by atoms with van der Waals surface area (Å²) in [6.45, 7) is 1.91. The van der Waals surface area contributed by atoms with E-state index in [1.54, 1.807) is 29.2 Å². The van der Waals surface area contributed by atoms with Gasteiger partial charge in [0.05, 0.1) is 25.3 Å². The maximum absolute atomic E-state index is 12.7. The third-order valence-corrected chi connectivity index (χ3v) is 4.74. The van der Waals surface area contributed by atoms with Gasteiger partial charge in [0.1, 0.15) is 11.3 Å². The number of benzene rings is 1. The van der Waals surface area contributed by atoms with Gasteiger partial charge in [0.15, 0.2) is 11.5 Å². The average Bonchev–Trinajstić information content (AvgIpc) is 3.25. The number of aliphatic hydroxyl groups excluding tert-OH is 2. The van der Waals surface area contributed by atoms with Gasteiger partial charge in [-0.15, -0.1) is 0 Å². The van der Waals surface area contributed by atoms with E-state index >= 15 is 0 Å². The van der Waals surface area contributed by atoms with Crippen LogP contribution in [0.4, 0.5) is 0 Å². The molecule has 0 radical (unpaired) electrons. The van der Waals surface area contributed by atoms with Gasteiger partial charge in [-0.25, -0.2) is 4.79 Å². The molecule has 0 saturated carbocycles. The fourth-order valence-electron chi connectivity index (χ4n) is 3.27. The minimum atomic E-state index is -0.713. The molecule has 3 rings (SSSR count). The van der Waals surface area contributed by atoms with Crippen molar-refractivity contribution in [2.75, 3.05) is 20.3 Å². The number of amides is 1. The minimum absolute atomic E-state index is 0.00920. The highest BCUT2D eigenvalue weighted by Crippen LogP contribution is 2.34. The zero-order valence-electron chi connectivity index (χ0n) is 14.7. The molecule has 1 fully saturated rings. The molecule has 0 spiro atoms. The summed E-state index contributed by atoms with van der Waals surface area (Å²) in [5.41, 5.74) is 0.618. The lowest BCUT2D eigenvalue weighted by Crippen LogP contribution is -2.38. The van der Waals surface area contributed by atoms with Gasteiger partial charge in [0.2, 0.25) is 0 Å². The molecule has 2 N–H and O–H groups in total. The maximum atomic E-state index is 12.7. The van der Waals surface area contributed by atoms with Crippen LogP contribution in [0.1, 0.15) is 25.3 Å². The molecule has 0 aliphatic carbocycles. The van der Waals surface area contributed by atoms with Gasteiger partial charge >= 0.3 is 5.97 Å². The van der Waals surface area contributed by atoms with Gasteiger partial charge in [-0.05, 0) is 37.5 Å². The lowest BCUT2D eigenvalue weighted by Gasteiger charge is -2.23. The number of rotatable bonds is 4. The maximum Gasteiger partial charge on any atom is 0.348 e. The summed E-state index contributed by atoms with van der Waals surface area (Å²) in [6, 6.07) is 6.35. The number of esters is 1. The predicted octanol–water partition coefficient (Wildman–Crippen LogP) is 1.78. The number of hydrogen-bond donors (Lipinski definition) is 2. The van der Waals surface area contributed by atoms with E-state index in [-0.39, 0.29) is 41.2 Å². The molecular weight excluding hydrogens is 338 g/mol. The van der Waals surface area contributed by atoms with E-state index in [1.165, 1.54) is 14.0 Å². The first-order valence-corrected chi connectivity index (χ1v) is 8.40. The minimum Gasteiger partial charge on any atom is -0.504 e. The van der Waals surface area contributed by atoms with Crippen molar-refractivity contribution in [3.8, 4) is 5.75 Å². The molecule has 1 saturated heterocycles. The van der Waals surface area contributed by atoms with E-state index in [2.05, 4.69) is 0 Å². The second-order valence-corrected chi connectivity index (χ2v) is 6.27. The Bertz CT molecular complexity index is 793. The Morgan fingerprint density at radius 3 is 2.65 bits per heavy atom. The van der Waals surface area contributed by atoms with Crippen LogP contribution in [-0.4, -0.2) is 53.3 Å². The molecule has 2 aliphatic rings. The lowest BCUT2D eigenvalue weighted by atomic mass is 10.0. The number of likely N-dealkylation sites (tertiary alicyclic amines) is 1. The van der Waals surface area contributed by atoms with Crippen molar-refractivity contribution in [1.29, 1.82) is 0 Å². The number of aliphatic hydroxyl groups is 2. The van der Waals surface area contributed by atoms with Crippen molar-refractivity contribution in [1.82, 2.24) is 4.90 Å². The summed E-state index contributed by atoms with van der Waals surface area (Å²) in [5, 5.41) is 19.9. The molecule has 7 nitrogen and oxygen atoms in total. The molecular formula is C19H21NO6. The molecule has 1 aromatic rings. The smallest absolute Gasteiger partial charge is 0.348 e. The first-order chi connectivity index (χ1) is 12.5. The zero-order valence-corrected chi connectivity index (χ0v) is 14.7. The van der Waals surface area contributed by atoms with E-state index in [4.69, 9.17) is 9.47 Å². The Kier molecular flexibility index (Phi) is 4.99. The molecule has 0 bridgehead atoms. The number of methoxy groups -OCH3 is 1. The van der Waals surface area contributed by atoms with Gasteiger partial charge in [-0.2, -0.15) is 0 Å². The summed E-state index contributed by atoms with van der Waals surface area (Å²) >= 11 is 0. The highest BCUT2D eigenvalue weighted by molar-refractivity contribution is 6.21. The van der Waals surface area contributed by atoms with E-state index in [9.17, 15) is 19.8 Å². The van der Waals surface area contributed by atoms with E-state index in [0.717, 1.165) is 12.8 Å². The Hall–Kier alpha value is -2.80. The number of nitrogens with zero attached hydrogens (tertiary/aromatic N) is 1. The first kappa shape index (κ1) is 18.0. The van der Waals surface area contributed by atoms with Crippen LogP contribution in [0.25, 0.3) is 5.57 Å². The van der Waals surface area contributed by atoms with Crippen LogP contribution in [0.15, 0.2) is 41.4 Å². The molecule has 2 aliphatic heterocycles. The average molecular weight is 359 g/mol. The normalized spacial score (nSPS) is 21.9. The third-order valence-electron chi connectivity index (χ3n) is 4.74. The first-order valence-electron chi connectivity index (χ1n) is 8.40. The van der Waals surface area contributed by atoms with Crippen molar-refractivity contribution in [3.05, 3.63) is 46.9 Å². The quantitative estimate of drug-likeness (QED) is 0.628. The molecule has 0 aromatic heterocycles. The zero-order chi connectivity index (χ0) is 18.8. The van der Waals surface area contributed by atoms with Crippen molar-refractivity contribution in [3.63, 3.8) is 0 Å². The van der Waals surface area contributed by atoms with Crippen molar-refractivity contribution in [2.24, 2.45) is 0 Å². The highest BCUT2D eigenvalue weighted by Gasteiger charge is 2.36. The molecule has 138 valence electrons. The topological polar surface area (TPSA) is 96.3 Å². The Morgan fingerprint density at radius 2 is 2.04 bits per heavy atom. The third kappa shape index (κ3) is 3.06. The van der Waals surface area contributed by atoms with Crippen molar-refractivity contribution in [2.45, 2.75) is 25.8 Å². The van der Waals surface area contributed by atoms with Crippen LogP contribution >= 0.6 is 0 Å². The van der Waals surface area contributed by atoms with Crippen LogP contribution < -0.4 is 4.74 Å². The number of ether oxygens (including phenoxy) is 2. The van der Waals surface area contributed by atoms with Gasteiger partial charge < -0.3 is 24.6 Å². The van der Waals surface area contributed by atoms with Crippen LogP contribution in [0.3, 0.4) is 0 Å². The monoisotopic (exact) mass is 359 g/mol. The second kappa shape index (κ2) is 7.21. The fraction of sp³-hybridized carbons (Fsp3) is 0.368. The van der Waals surface area contributed by atoms with E-state index < -0.39 is 5.97 Å². The highest BCUT2D eigenvalue weighted by atomic mass is 16.6. The number of cyclic esters (lactones) is 1. The molecule has 1 amide bonds. The van der Waals surface area contributed by atoms with E-state index in [1.807, 2.05) is 0 Å². The molecule has 1 aromatic carbocycles. The van der Waals surface area contributed by atoms with Crippen LogP contribution in [0, 0.1) is 0 Å². The number of carbonyl (C=O) groups excluding carboxylic acids is 2. The fourth-order valence-corrected chi connectivity index (χ4v) is 3.27. The Morgan fingerprint density at radius 1 is 1.35 bits per heavy atom. The summed E-state index contributed by atoms with van der Waals surface area (Å²) in [6.07, 6.45) is 1.53. The molecule has 26 heavy (non-hydrogen) atoms. The summed E-state index contributed by atoms with van der Waals surface area (Å²) in [4.78, 5) is 26.5.